The summed E-state index contributed by atoms with van der Waals surface area (Å²) in [6.45, 7) is 4.85. The molecule has 5 rings (SSSR count). The van der Waals surface area contributed by atoms with Gasteiger partial charge in [-0.1, -0.05) is 6.07 Å². The van der Waals surface area contributed by atoms with E-state index >= 15 is 0 Å². The highest BCUT2D eigenvalue weighted by atomic mass is 16.6. The third-order valence-corrected chi connectivity index (χ3v) is 11.5. The van der Waals surface area contributed by atoms with Crippen molar-refractivity contribution < 1.29 is 48.4 Å². The molecule has 55 heavy (non-hydrogen) atoms. The molecule has 3 heterocycles. The molecule has 18 nitrogen and oxygen atoms in total. The largest absolute Gasteiger partial charge is 0.493 e. The second-order valence-electron chi connectivity index (χ2n) is 14.8. The summed E-state index contributed by atoms with van der Waals surface area (Å²) in [6, 6.07) is 2.08. The van der Waals surface area contributed by atoms with Crippen LogP contribution in [0.25, 0.3) is 0 Å². The van der Waals surface area contributed by atoms with Gasteiger partial charge in [-0.2, -0.15) is 0 Å². The van der Waals surface area contributed by atoms with Crippen molar-refractivity contribution in [1.82, 2.24) is 31.1 Å². The summed E-state index contributed by atoms with van der Waals surface area (Å²) in [5.41, 5.74) is 5.02. The molecule has 18 heteroatoms. The summed E-state index contributed by atoms with van der Waals surface area (Å²) in [6.07, 6.45) is 2.96. The molecule has 3 aliphatic heterocycles. The molecule has 302 valence electrons. The number of carbonyl (C=O) groups is 5. The van der Waals surface area contributed by atoms with Crippen molar-refractivity contribution in [3.8, 4) is 11.5 Å². The van der Waals surface area contributed by atoms with Crippen LogP contribution in [0, 0.1) is 12.3 Å². The lowest BCUT2D eigenvalue weighted by Crippen LogP contribution is -2.71. The van der Waals surface area contributed by atoms with Gasteiger partial charge in [0.25, 0.3) is 0 Å². The van der Waals surface area contributed by atoms with Crippen LogP contribution in [-0.2, 0) is 29.3 Å². The van der Waals surface area contributed by atoms with E-state index < -0.39 is 72.0 Å². The third-order valence-electron chi connectivity index (χ3n) is 11.5. The summed E-state index contributed by atoms with van der Waals surface area (Å²) in [5.74, 6) is -2.29. The number of likely N-dealkylation sites (tertiary alicyclic amines) is 2. The molecule has 0 saturated carbocycles. The number of nitrogens with zero attached hydrogens (tertiary/aromatic N) is 2. The number of nitrogens with one attached hydrogen (secondary N) is 5. The molecule has 1 aromatic rings. The highest BCUT2D eigenvalue weighted by Crippen LogP contribution is 2.62. The van der Waals surface area contributed by atoms with Gasteiger partial charge in [-0.05, 0) is 83.7 Å². The third kappa shape index (κ3) is 8.44. The Bertz CT molecular complexity index is 1710. The van der Waals surface area contributed by atoms with E-state index in [1.807, 2.05) is 33.0 Å². The number of aliphatic hydroxyl groups is 1. The van der Waals surface area contributed by atoms with E-state index in [1.54, 1.807) is 18.1 Å². The quantitative estimate of drug-likeness (QED) is 0.0545. The van der Waals surface area contributed by atoms with Crippen molar-refractivity contribution in [3.05, 3.63) is 35.1 Å². The molecule has 0 unspecified atom stereocenters. The zero-order chi connectivity index (χ0) is 40.1. The first-order chi connectivity index (χ1) is 26.1. The number of hydrogen-bond acceptors (Lipinski definition) is 11. The zero-order valence-electron chi connectivity index (χ0n) is 31.9. The second-order valence-corrected chi connectivity index (χ2v) is 14.8. The van der Waals surface area contributed by atoms with Crippen LogP contribution in [-0.4, -0.2) is 132 Å². The van der Waals surface area contributed by atoms with Crippen LogP contribution in [0.2, 0.25) is 0 Å². The number of likely N-dealkylation sites (N-methyl/N-ethyl adjacent to an activating group) is 1. The number of carboxylic acids is 1. The van der Waals surface area contributed by atoms with Gasteiger partial charge in [0.2, 0.25) is 17.7 Å². The molecule has 1 aromatic carbocycles. The van der Waals surface area contributed by atoms with E-state index in [1.165, 1.54) is 0 Å². The van der Waals surface area contributed by atoms with Gasteiger partial charge in [0.05, 0.1) is 30.7 Å². The minimum absolute atomic E-state index is 0.0652. The molecule has 6 atom stereocenters. The van der Waals surface area contributed by atoms with E-state index in [4.69, 9.17) is 30.5 Å². The second kappa shape index (κ2) is 17.1. The summed E-state index contributed by atoms with van der Waals surface area (Å²) in [4.78, 5) is 66.4. The average Bonchev–Trinajstić information content (AvgIpc) is 3.51. The van der Waals surface area contributed by atoms with Gasteiger partial charge in [-0.15, -0.1) is 0 Å². The molecule has 0 radical (unpaired) electrons. The molecule has 4 aliphatic rings. The Balaban J connectivity index is 1.29. The molecule has 1 spiro atoms. The van der Waals surface area contributed by atoms with Gasteiger partial charge < -0.3 is 61.2 Å². The Labute approximate surface area is 320 Å². The maximum absolute atomic E-state index is 14.1. The summed E-state index contributed by atoms with van der Waals surface area (Å²) >= 11 is 0. The van der Waals surface area contributed by atoms with E-state index in [0.717, 1.165) is 24.0 Å². The first kappa shape index (κ1) is 41.1. The van der Waals surface area contributed by atoms with Crippen molar-refractivity contribution in [2.24, 2.45) is 5.73 Å². The lowest BCUT2D eigenvalue weighted by Gasteiger charge is -2.58. The molecule has 0 aromatic heterocycles. The number of aliphatic carboxylic acids is 1. The fourth-order valence-corrected chi connectivity index (χ4v) is 8.53. The summed E-state index contributed by atoms with van der Waals surface area (Å²) < 4.78 is 18.6. The molecule has 9 N–H and O–H groups in total. The lowest BCUT2D eigenvalue weighted by atomic mass is 9.54. The monoisotopic (exact) mass is 770 g/mol. The maximum atomic E-state index is 14.1. The van der Waals surface area contributed by atoms with E-state index in [0.29, 0.717) is 49.6 Å². The Morgan fingerprint density at radius 1 is 1.13 bits per heavy atom. The summed E-state index contributed by atoms with van der Waals surface area (Å²) in [7, 11) is 3.55. The fraction of sp³-hybridized carbons (Fsp3) is 0.622. The van der Waals surface area contributed by atoms with Crippen LogP contribution in [0.3, 0.4) is 0 Å². The predicted octanol–water partition coefficient (Wildman–Crippen LogP) is 0.191. The Kier molecular flexibility index (Phi) is 12.8. The number of fused-ring (bicyclic) bond motifs is 1. The molecule has 4 amide bonds. The van der Waals surface area contributed by atoms with Gasteiger partial charge in [0.1, 0.15) is 18.2 Å². The Morgan fingerprint density at radius 3 is 2.60 bits per heavy atom. The summed E-state index contributed by atoms with van der Waals surface area (Å²) in [5, 5.41) is 39.0. The number of benzene rings is 1. The van der Waals surface area contributed by atoms with Crippen LogP contribution < -0.4 is 36.5 Å². The number of aryl methyl sites for hydroxylation is 1. The number of carbonyl (C=O) groups excluding carboxylic acids is 4. The minimum atomic E-state index is -1.35. The van der Waals surface area contributed by atoms with Gasteiger partial charge in [-0.25, -0.2) is 4.79 Å². The lowest BCUT2D eigenvalue weighted by molar-refractivity contribution is -0.153. The number of methoxy groups -OCH3 is 1. The van der Waals surface area contributed by atoms with E-state index in [-0.39, 0.29) is 37.9 Å². The Hall–Kier alpha value is -5.10. The molecular formula is C37H54N8O10. The van der Waals surface area contributed by atoms with Crippen molar-refractivity contribution >= 4 is 35.7 Å². The smallest absolute Gasteiger partial charge is 0.415 e. The molecule has 1 aliphatic carbocycles. The first-order valence-corrected chi connectivity index (χ1v) is 18.7. The van der Waals surface area contributed by atoms with Crippen LogP contribution in [0.4, 0.5) is 4.79 Å². The van der Waals surface area contributed by atoms with E-state index in [9.17, 15) is 29.1 Å². The standard InChI is InChI=1S/C37H54N8O10/c1-21-10-11-25(53-4)31-30(21)36-14-17-44(3)22(2)37(36,52)13-12-26(32(36)55-31)54-35(51)45-16-6-5-8-23(45)19-42-33(50)24(9-7-15-40-34(38)39)43-28(47)20-41-27(46)18-29(48)49/h10-12,22-24,32,52H,5-9,13-20H2,1-4H3,(H,41,46)(H,42,50)(H,43,47)(H,48,49)(H4,38,39,40)/t22-,23-,24+,32+,36+,37-/m1/s1. The number of rotatable bonds is 14. The minimum Gasteiger partial charge on any atom is -0.493 e. The van der Waals surface area contributed by atoms with Crippen molar-refractivity contribution in [1.29, 1.82) is 5.41 Å². The zero-order valence-corrected chi connectivity index (χ0v) is 31.9. The number of nitrogens with two attached hydrogens (primary N) is 1. The van der Waals surface area contributed by atoms with Gasteiger partial charge in [-0.3, -0.25) is 24.6 Å². The van der Waals surface area contributed by atoms with Crippen LogP contribution >= 0.6 is 0 Å². The van der Waals surface area contributed by atoms with Crippen molar-refractivity contribution in [2.75, 3.05) is 46.9 Å². The normalized spacial score (nSPS) is 26.1. The van der Waals surface area contributed by atoms with Crippen LogP contribution in [0.1, 0.15) is 69.4 Å². The first-order valence-electron chi connectivity index (χ1n) is 18.7. The van der Waals surface area contributed by atoms with Gasteiger partial charge >= 0.3 is 12.1 Å². The van der Waals surface area contributed by atoms with Crippen LogP contribution in [0.15, 0.2) is 24.0 Å². The topological polar surface area (TPSA) is 258 Å². The molecule has 0 bridgehead atoms. The molecule has 2 fully saturated rings. The fourth-order valence-electron chi connectivity index (χ4n) is 8.53. The number of amides is 4. The highest BCUT2D eigenvalue weighted by molar-refractivity contribution is 5.95. The van der Waals surface area contributed by atoms with Gasteiger partial charge in [0, 0.05) is 37.7 Å². The van der Waals surface area contributed by atoms with E-state index in [2.05, 4.69) is 26.2 Å². The molecular weight excluding hydrogens is 716 g/mol. The number of ether oxygens (including phenoxy) is 3. The van der Waals surface area contributed by atoms with Crippen molar-refractivity contribution in [2.45, 2.75) is 100 Å². The number of guanidine groups is 1. The average molecular weight is 771 g/mol. The SMILES string of the molecule is COc1ccc(C)c2c1O[C@H]1C(OC(=O)N3CCCC[C@@H]3CNC(=O)[C@H](CCCNC(=N)N)NC(=O)CNC(=O)CC(=O)O)=CC[C@@]3(O)[C@@H](C)N(C)CC[C@]213. The predicted molar refractivity (Wildman–Crippen MR) is 198 cm³/mol. The molecule has 2 saturated heterocycles. The maximum Gasteiger partial charge on any atom is 0.415 e. The van der Waals surface area contributed by atoms with Crippen molar-refractivity contribution in [3.63, 3.8) is 0 Å². The number of carboxylic acid groups (broad SMARTS) is 1. The number of piperidine rings is 2. The van der Waals surface area contributed by atoms with Crippen LogP contribution in [0.5, 0.6) is 11.5 Å². The number of hydrogen-bond donors (Lipinski definition) is 8. The van der Waals surface area contributed by atoms with Gasteiger partial charge in [0.15, 0.2) is 23.6 Å². The Morgan fingerprint density at radius 2 is 1.89 bits per heavy atom. The highest BCUT2D eigenvalue weighted by Gasteiger charge is 2.69.